The van der Waals surface area contributed by atoms with Gasteiger partial charge in [-0.15, -0.1) is 0 Å². The van der Waals surface area contributed by atoms with Crippen LogP contribution in [0.15, 0.2) is 12.1 Å². The number of anilines is 1. The molecule has 1 aromatic rings. The molecule has 88 valence electrons. The predicted molar refractivity (Wildman–Crippen MR) is 66.1 cm³/mol. The number of pyridine rings is 1. The van der Waals surface area contributed by atoms with E-state index < -0.39 is 0 Å². The number of hydrogen-bond acceptors (Lipinski definition) is 3. The number of nitrogens with zero attached hydrogens (tertiary/aromatic N) is 1. The van der Waals surface area contributed by atoms with Gasteiger partial charge in [0.1, 0.15) is 5.15 Å². The molecule has 1 saturated heterocycles. The molecule has 0 amide bonds. The Hall–Kier alpha value is -0.800. The van der Waals surface area contributed by atoms with E-state index in [4.69, 9.17) is 16.3 Å². The van der Waals surface area contributed by atoms with Gasteiger partial charge in [-0.05, 0) is 38.3 Å². The summed E-state index contributed by atoms with van der Waals surface area (Å²) in [7, 11) is 0. The first-order valence-corrected chi connectivity index (χ1v) is 6.11. The molecule has 1 aliphatic rings. The summed E-state index contributed by atoms with van der Waals surface area (Å²) in [5.74, 6) is 0. The number of hydrogen-bond donors (Lipinski definition) is 1. The molecule has 1 fully saturated rings. The second-order valence-corrected chi connectivity index (χ2v) is 4.54. The average Bonchev–Trinajstić information content (AvgIpc) is 2.51. The van der Waals surface area contributed by atoms with Gasteiger partial charge in [-0.3, -0.25) is 0 Å². The minimum Gasteiger partial charge on any atom is -0.381 e. The average molecular weight is 241 g/mol. The number of aromatic nitrogens is 1. The molecule has 0 saturated carbocycles. The molecule has 0 radical (unpaired) electrons. The first-order chi connectivity index (χ1) is 7.75. The van der Waals surface area contributed by atoms with E-state index in [2.05, 4.69) is 10.3 Å². The van der Waals surface area contributed by atoms with Crippen molar-refractivity contribution in [3.8, 4) is 0 Å². The van der Waals surface area contributed by atoms with E-state index in [1.54, 1.807) is 0 Å². The molecule has 1 aliphatic heterocycles. The minimum atomic E-state index is 0.490. The summed E-state index contributed by atoms with van der Waals surface area (Å²) in [5.41, 5.74) is 2.04. The van der Waals surface area contributed by atoms with Crippen LogP contribution in [0, 0.1) is 6.92 Å². The SMILES string of the molecule is Cc1nc(Cl)ccc1NC1CCCOCC1. The van der Waals surface area contributed by atoms with Crippen LogP contribution in [0.5, 0.6) is 0 Å². The molecule has 2 rings (SSSR count). The maximum atomic E-state index is 5.83. The zero-order valence-corrected chi connectivity index (χ0v) is 10.3. The van der Waals surface area contributed by atoms with Gasteiger partial charge in [-0.1, -0.05) is 11.6 Å². The van der Waals surface area contributed by atoms with E-state index in [-0.39, 0.29) is 0 Å². The zero-order valence-electron chi connectivity index (χ0n) is 9.50. The van der Waals surface area contributed by atoms with Gasteiger partial charge in [0, 0.05) is 19.3 Å². The normalized spacial score (nSPS) is 21.5. The molecule has 2 heterocycles. The molecular formula is C12H17ClN2O. The molecule has 0 spiro atoms. The lowest BCUT2D eigenvalue weighted by Gasteiger charge is -2.18. The van der Waals surface area contributed by atoms with Crippen molar-refractivity contribution in [1.82, 2.24) is 4.98 Å². The highest BCUT2D eigenvalue weighted by molar-refractivity contribution is 6.29. The van der Waals surface area contributed by atoms with E-state index in [1.165, 1.54) is 0 Å². The Bertz CT molecular complexity index is 349. The van der Waals surface area contributed by atoms with Crippen LogP contribution in [0.1, 0.15) is 25.0 Å². The topological polar surface area (TPSA) is 34.2 Å². The molecule has 1 aromatic heterocycles. The molecule has 0 aliphatic carbocycles. The Morgan fingerprint density at radius 1 is 1.38 bits per heavy atom. The van der Waals surface area contributed by atoms with Crippen molar-refractivity contribution in [2.75, 3.05) is 18.5 Å². The van der Waals surface area contributed by atoms with Gasteiger partial charge >= 0.3 is 0 Å². The van der Waals surface area contributed by atoms with Crippen molar-refractivity contribution < 1.29 is 4.74 Å². The van der Waals surface area contributed by atoms with Crippen molar-refractivity contribution in [2.24, 2.45) is 0 Å². The number of ether oxygens (including phenoxy) is 1. The lowest BCUT2D eigenvalue weighted by Crippen LogP contribution is -2.20. The summed E-state index contributed by atoms with van der Waals surface area (Å²) < 4.78 is 5.44. The molecule has 0 aromatic carbocycles. The highest BCUT2D eigenvalue weighted by Gasteiger charge is 2.13. The van der Waals surface area contributed by atoms with Gasteiger partial charge in [0.15, 0.2) is 0 Å². The highest BCUT2D eigenvalue weighted by Crippen LogP contribution is 2.19. The van der Waals surface area contributed by atoms with Gasteiger partial charge in [-0.2, -0.15) is 0 Å². The highest BCUT2D eigenvalue weighted by atomic mass is 35.5. The standard InChI is InChI=1S/C12H17ClN2O/c1-9-11(4-5-12(13)14-9)15-10-3-2-7-16-8-6-10/h4-5,10,15H,2-3,6-8H2,1H3. The van der Waals surface area contributed by atoms with Crippen LogP contribution < -0.4 is 5.32 Å². The molecule has 1 N–H and O–H groups in total. The number of rotatable bonds is 2. The molecule has 1 unspecified atom stereocenters. The van der Waals surface area contributed by atoms with Crippen molar-refractivity contribution in [1.29, 1.82) is 0 Å². The van der Waals surface area contributed by atoms with Gasteiger partial charge in [0.2, 0.25) is 0 Å². The molecule has 16 heavy (non-hydrogen) atoms. The van der Waals surface area contributed by atoms with E-state index >= 15 is 0 Å². The fourth-order valence-corrected chi connectivity index (χ4v) is 2.14. The summed E-state index contributed by atoms with van der Waals surface area (Å²) in [6.07, 6.45) is 3.34. The van der Waals surface area contributed by atoms with Crippen LogP contribution in [-0.2, 0) is 4.74 Å². The second-order valence-electron chi connectivity index (χ2n) is 4.15. The third-order valence-corrected chi connectivity index (χ3v) is 3.07. The molecule has 0 bridgehead atoms. The van der Waals surface area contributed by atoms with Gasteiger partial charge < -0.3 is 10.1 Å². The van der Waals surface area contributed by atoms with E-state index in [0.29, 0.717) is 11.2 Å². The van der Waals surface area contributed by atoms with Gasteiger partial charge in [0.05, 0.1) is 11.4 Å². The minimum absolute atomic E-state index is 0.490. The number of halogens is 1. The lowest BCUT2D eigenvalue weighted by atomic mass is 10.1. The number of aryl methyl sites for hydroxylation is 1. The molecule has 4 heteroatoms. The monoisotopic (exact) mass is 240 g/mol. The first-order valence-electron chi connectivity index (χ1n) is 5.73. The fraction of sp³-hybridized carbons (Fsp3) is 0.583. The number of nitrogens with one attached hydrogen (secondary N) is 1. The largest absolute Gasteiger partial charge is 0.381 e. The van der Waals surface area contributed by atoms with Crippen molar-refractivity contribution in [2.45, 2.75) is 32.2 Å². The Kier molecular flexibility index (Phi) is 4.02. The van der Waals surface area contributed by atoms with Crippen LogP contribution in [0.25, 0.3) is 0 Å². The first kappa shape index (κ1) is 11.7. The van der Waals surface area contributed by atoms with Crippen LogP contribution in [0.4, 0.5) is 5.69 Å². The maximum absolute atomic E-state index is 5.83. The van der Waals surface area contributed by atoms with Crippen molar-refractivity contribution in [3.63, 3.8) is 0 Å². The summed E-state index contributed by atoms with van der Waals surface area (Å²) in [5, 5.41) is 4.06. The third kappa shape index (κ3) is 3.09. The van der Waals surface area contributed by atoms with Crippen LogP contribution in [0.2, 0.25) is 5.15 Å². The predicted octanol–water partition coefficient (Wildman–Crippen LogP) is 3.02. The van der Waals surface area contributed by atoms with Crippen LogP contribution >= 0.6 is 11.6 Å². The zero-order chi connectivity index (χ0) is 11.4. The maximum Gasteiger partial charge on any atom is 0.129 e. The van der Waals surface area contributed by atoms with Crippen molar-refractivity contribution in [3.05, 3.63) is 23.0 Å². The summed E-state index contributed by atoms with van der Waals surface area (Å²) in [6, 6.07) is 4.31. The van der Waals surface area contributed by atoms with Crippen molar-refractivity contribution >= 4 is 17.3 Å². The lowest BCUT2D eigenvalue weighted by molar-refractivity contribution is 0.144. The van der Waals surface area contributed by atoms with E-state index in [1.807, 2.05) is 19.1 Å². The smallest absolute Gasteiger partial charge is 0.129 e. The Balaban J connectivity index is 2.01. The Morgan fingerprint density at radius 2 is 2.25 bits per heavy atom. The Labute approximate surface area is 101 Å². The summed E-state index contributed by atoms with van der Waals surface area (Å²) in [6.45, 7) is 3.70. The summed E-state index contributed by atoms with van der Waals surface area (Å²) >= 11 is 5.83. The van der Waals surface area contributed by atoms with E-state index in [0.717, 1.165) is 43.9 Å². The fourth-order valence-electron chi connectivity index (χ4n) is 1.95. The summed E-state index contributed by atoms with van der Waals surface area (Å²) in [4.78, 5) is 4.23. The Morgan fingerprint density at radius 3 is 3.06 bits per heavy atom. The third-order valence-electron chi connectivity index (χ3n) is 2.86. The van der Waals surface area contributed by atoms with Crippen LogP contribution in [0.3, 0.4) is 0 Å². The van der Waals surface area contributed by atoms with E-state index in [9.17, 15) is 0 Å². The van der Waals surface area contributed by atoms with Gasteiger partial charge in [-0.25, -0.2) is 4.98 Å². The second kappa shape index (κ2) is 5.51. The molecule has 3 nitrogen and oxygen atoms in total. The van der Waals surface area contributed by atoms with Gasteiger partial charge in [0.25, 0.3) is 0 Å². The quantitative estimate of drug-likeness (QED) is 0.807. The van der Waals surface area contributed by atoms with Crippen LogP contribution in [-0.4, -0.2) is 24.2 Å². The molecular weight excluding hydrogens is 224 g/mol. The molecule has 1 atom stereocenters.